The third-order valence-corrected chi connectivity index (χ3v) is 2.60. The lowest BCUT2D eigenvalue weighted by atomic mass is 10.2. The number of hydrogen-bond acceptors (Lipinski definition) is 4. The highest BCUT2D eigenvalue weighted by molar-refractivity contribution is 9.10. The first-order valence-electron chi connectivity index (χ1n) is 5.02. The maximum atomic E-state index is 11.5. The number of halogens is 1. The minimum atomic E-state index is -0.453. The molecular formula is C12H9BrN2O3. The van der Waals surface area contributed by atoms with Gasteiger partial charge in [0.05, 0.1) is 12.5 Å². The van der Waals surface area contributed by atoms with Crippen LogP contribution in [0.2, 0.25) is 0 Å². The minimum Gasteiger partial charge on any atom is -0.507 e. The van der Waals surface area contributed by atoms with Gasteiger partial charge in [-0.1, -0.05) is 15.9 Å². The molecule has 92 valence electrons. The number of phenols is 1. The number of rotatable bonds is 3. The second-order valence-corrected chi connectivity index (χ2v) is 4.30. The summed E-state index contributed by atoms with van der Waals surface area (Å²) >= 11 is 3.27. The highest BCUT2D eigenvalue weighted by Crippen LogP contribution is 2.19. The van der Waals surface area contributed by atoms with E-state index in [1.165, 1.54) is 24.6 Å². The van der Waals surface area contributed by atoms with E-state index in [-0.39, 0.29) is 11.5 Å². The SMILES string of the molecule is O=C(N/N=C/c1cc(Br)ccc1O)c1ccco1. The van der Waals surface area contributed by atoms with Gasteiger partial charge in [-0.2, -0.15) is 5.10 Å². The van der Waals surface area contributed by atoms with Crippen LogP contribution < -0.4 is 5.43 Å². The van der Waals surface area contributed by atoms with Crippen molar-refractivity contribution in [2.24, 2.45) is 5.10 Å². The van der Waals surface area contributed by atoms with Crippen molar-refractivity contribution in [3.05, 3.63) is 52.4 Å². The smallest absolute Gasteiger partial charge is 0.307 e. The van der Waals surface area contributed by atoms with E-state index >= 15 is 0 Å². The number of nitrogens with one attached hydrogen (secondary N) is 1. The molecule has 1 heterocycles. The monoisotopic (exact) mass is 308 g/mol. The number of benzene rings is 1. The molecule has 0 radical (unpaired) electrons. The van der Waals surface area contributed by atoms with Crippen LogP contribution in [0.4, 0.5) is 0 Å². The Balaban J connectivity index is 2.03. The first-order valence-corrected chi connectivity index (χ1v) is 5.81. The molecule has 6 heteroatoms. The molecule has 0 aliphatic rings. The summed E-state index contributed by atoms with van der Waals surface area (Å²) in [4.78, 5) is 11.5. The van der Waals surface area contributed by atoms with Crippen LogP contribution in [0.25, 0.3) is 0 Å². The standard InChI is InChI=1S/C12H9BrN2O3/c13-9-3-4-10(16)8(6-9)7-14-15-12(17)11-2-1-5-18-11/h1-7,16H,(H,15,17)/b14-7+. The van der Waals surface area contributed by atoms with Crippen molar-refractivity contribution < 1.29 is 14.3 Å². The Bertz CT molecular complexity index is 579. The van der Waals surface area contributed by atoms with Crippen LogP contribution >= 0.6 is 15.9 Å². The molecule has 1 amide bonds. The highest BCUT2D eigenvalue weighted by Gasteiger charge is 2.06. The van der Waals surface area contributed by atoms with Crippen molar-refractivity contribution in [2.45, 2.75) is 0 Å². The molecule has 0 saturated carbocycles. The van der Waals surface area contributed by atoms with Crippen molar-refractivity contribution in [1.29, 1.82) is 0 Å². The van der Waals surface area contributed by atoms with E-state index in [9.17, 15) is 9.90 Å². The molecule has 0 unspecified atom stereocenters. The van der Waals surface area contributed by atoms with Gasteiger partial charge in [-0.25, -0.2) is 5.43 Å². The molecule has 2 aromatic rings. The zero-order chi connectivity index (χ0) is 13.0. The topological polar surface area (TPSA) is 74.8 Å². The number of amides is 1. The fraction of sp³-hybridized carbons (Fsp3) is 0. The largest absolute Gasteiger partial charge is 0.507 e. The maximum Gasteiger partial charge on any atom is 0.307 e. The lowest BCUT2D eigenvalue weighted by molar-refractivity contribution is 0.0927. The zero-order valence-corrected chi connectivity index (χ0v) is 10.7. The second kappa shape index (κ2) is 5.50. The molecule has 1 aromatic carbocycles. The molecule has 0 spiro atoms. The number of phenolic OH excluding ortho intramolecular Hbond substituents is 1. The number of hydrazone groups is 1. The van der Waals surface area contributed by atoms with Gasteiger partial charge in [0.25, 0.3) is 0 Å². The van der Waals surface area contributed by atoms with Gasteiger partial charge in [0.2, 0.25) is 0 Å². The Morgan fingerprint density at radius 1 is 1.44 bits per heavy atom. The van der Waals surface area contributed by atoms with E-state index in [2.05, 4.69) is 26.5 Å². The van der Waals surface area contributed by atoms with Crippen molar-refractivity contribution in [2.75, 3.05) is 0 Å². The number of nitrogens with zero attached hydrogens (tertiary/aromatic N) is 1. The molecule has 0 aliphatic heterocycles. The van der Waals surface area contributed by atoms with Crippen LogP contribution in [0.3, 0.4) is 0 Å². The predicted molar refractivity (Wildman–Crippen MR) is 69.6 cm³/mol. The Labute approximate surface area is 111 Å². The Morgan fingerprint density at radius 3 is 3.00 bits per heavy atom. The van der Waals surface area contributed by atoms with Crippen LogP contribution in [-0.4, -0.2) is 17.2 Å². The van der Waals surface area contributed by atoms with E-state index in [1.807, 2.05) is 0 Å². The molecule has 1 aromatic heterocycles. The van der Waals surface area contributed by atoms with Crippen molar-refractivity contribution >= 4 is 28.1 Å². The van der Waals surface area contributed by atoms with Gasteiger partial charge < -0.3 is 9.52 Å². The summed E-state index contributed by atoms with van der Waals surface area (Å²) in [7, 11) is 0. The van der Waals surface area contributed by atoms with E-state index < -0.39 is 5.91 Å². The second-order valence-electron chi connectivity index (χ2n) is 3.38. The lowest BCUT2D eigenvalue weighted by Crippen LogP contribution is -2.16. The zero-order valence-electron chi connectivity index (χ0n) is 9.13. The third kappa shape index (κ3) is 2.98. The summed E-state index contributed by atoms with van der Waals surface area (Å²) in [5, 5.41) is 13.3. The molecule has 2 N–H and O–H groups in total. The molecule has 0 saturated heterocycles. The van der Waals surface area contributed by atoms with E-state index in [4.69, 9.17) is 4.42 Å². The molecule has 2 rings (SSSR count). The summed E-state index contributed by atoms with van der Waals surface area (Å²) < 4.78 is 5.70. The molecule has 5 nitrogen and oxygen atoms in total. The van der Waals surface area contributed by atoms with Crippen LogP contribution in [0.15, 0.2) is 50.6 Å². The molecule has 0 bridgehead atoms. The van der Waals surface area contributed by atoms with Gasteiger partial charge in [-0.3, -0.25) is 4.79 Å². The quantitative estimate of drug-likeness (QED) is 0.676. The number of carbonyl (C=O) groups excluding carboxylic acids is 1. The van der Waals surface area contributed by atoms with Crippen LogP contribution in [0, 0.1) is 0 Å². The van der Waals surface area contributed by atoms with Crippen LogP contribution in [0.5, 0.6) is 5.75 Å². The lowest BCUT2D eigenvalue weighted by Gasteiger charge is -1.99. The van der Waals surface area contributed by atoms with Gasteiger partial charge >= 0.3 is 5.91 Å². The Kier molecular flexibility index (Phi) is 3.78. The van der Waals surface area contributed by atoms with Gasteiger partial charge in [0.15, 0.2) is 5.76 Å². The predicted octanol–water partition coefficient (Wildman–Crippen LogP) is 2.51. The summed E-state index contributed by atoms with van der Waals surface area (Å²) in [6, 6.07) is 8.05. The summed E-state index contributed by atoms with van der Waals surface area (Å²) in [5.41, 5.74) is 2.78. The minimum absolute atomic E-state index is 0.0780. The fourth-order valence-corrected chi connectivity index (χ4v) is 1.63. The van der Waals surface area contributed by atoms with Gasteiger partial charge in [-0.05, 0) is 30.3 Å². The Morgan fingerprint density at radius 2 is 2.28 bits per heavy atom. The van der Waals surface area contributed by atoms with Crippen molar-refractivity contribution in [1.82, 2.24) is 5.43 Å². The van der Waals surface area contributed by atoms with Crippen molar-refractivity contribution in [3.8, 4) is 5.75 Å². The molecule has 0 aliphatic carbocycles. The normalized spacial score (nSPS) is 10.7. The Hall–Kier alpha value is -2.08. The van der Waals surface area contributed by atoms with Crippen molar-refractivity contribution in [3.63, 3.8) is 0 Å². The van der Waals surface area contributed by atoms with E-state index in [1.54, 1.807) is 18.2 Å². The summed E-state index contributed by atoms with van der Waals surface area (Å²) in [6.07, 6.45) is 2.75. The number of hydrogen-bond donors (Lipinski definition) is 2. The summed E-state index contributed by atoms with van der Waals surface area (Å²) in [6.45, 7) is 0. The summed E-state index contributed by atoms with van der Waals surface area (Å²) in [5.74, 6) is -0.203. The number of aromatic hydroxyl groups is 1. The first kappa shape index (κ1) is 12.4. The maximum absolute atomic E-state index is 11.5. The van der Waals surface area contributed by atoms with Gasteiger partial charge in [-0.15, -0.1) is 0 Å². The van der Waals surface area contributed by atoms with Gasteiger partial charge in [0.1, 0.15) is 5.75 Å². The average Bonchev–Trinajstić information content (AvgIpc) is 2.87. The highest BCUT2D eigenvalue weighted by atomic mass is 79.9. The van der Waals surface area contributed by atoms with Gasteiger partial charge in [0, 0.05) is 10.0 Å². The molecule has 18 heavy (non-hydrogen) atoms. The molecule has 0 fully saturated rings. The molecular weight excluding hydrogens is 300 g/mol. The average molecular weight is 309 g/mol. The number of furan rings is 1. The third-order valence-electron chi connectivity index (χ3n) is 2.10. The van der Waals surface area contributed by atoms with Crippen LogP contribution in [0.1, 0.15) is 16.1 Å². The molecule has 0 atom stereocenters. The first-order chi connectivity index (χ1) is 8.66. The number of carbonyl (C=O) groups is 1. The fourth-order valence-electron chi connectivity index (χ4n) is 1.25. The van der Waals surface area contributed by atoms with E-state index in [0.29, 0.717) is 5.56 Å². The van der Waals surface area contributed by atoms with E-state index in [0.717, 1.165) is 4.47 Å². The van der Waals surface area contributed by atoms with Crippen LogP contribution in [-0.2, 0) is 0 Å².